The molecule has 16 nitrogen and oxygen atoms in total. The molecule has 0 spiro atoms. The van der Waals surface area contributed by atoms with Crippen LogP contribution >= 0.6 is 0 Å². The second-order valence-electron chi connectivity index (χ2n) is 11.9. The standard InChI is InChI=1S/5C7H8O3S.Al.Ca.H2O/c5*1-6-2-4-7(5-3-6)11(8,9)10;;;/h5*2-5H,1H3,(H,8,9,10);;;1H2/q;;;;;+3;+2;/p-5. The quantitative estimate of drug-likeness (QED) is 0.135. The molecule has 23 heteroatoms. The van der Waals surface area contributed by atoms with Crippen molar-refractivity contribution in [1.82, 2.24) is 0 Å². The van der Waals surface area contributed by atoms with Gasteiger partial charge in [-0.25, -0.2) is 16.8 Å². The van der Waals surface area contributed by atoms with Gasteiger partial charge in [-0.1, -0.05) is 88.5 Å². The molecular weight excluding hydrogens is 904 g/mol. The molecular formula is C35H37AlCaO16S5. The van der Waals surface area contributed by atoms with Gasteiger partial charge < -0.3 is 24.3 Å². The molecule has 5 rings (SSSR count). The molecule has 0 saturated heterocycles. The van der Waals surface area contributed by atoms with Crippen LogP contribution in [0.5, 0.6) is 0 Å². The van der Waals surface area contributed by atoms with Gasteiger partial charge in [0.1, 0.15) is 20.2 Å². The Morgan fingerprint density at radius 1 is 0.345 bits per heavy atom. The van der Waals surface area contributed by atoms with Crippen molar-refractivity contribution in [3.8, 4) is 0 Å². The number of rotatable bonds is 11. The predicted molar refractivity (Wildman–Crippen MR) is 212 cm³/mol. The maximum Gasteiger partial charge on any atom is 2.00 e. The van der Waals surface area contributed by atoms with Gasteiger partial charge in [0.15, 0.2) is 0 Å². The van der Waals surface area contributed by atoms with Crippen molar-refractivity contribution in [2.45, 2.75) is 59.1 Å². The molecule has 58 heavy (non-hydrogen) atoms. The summed E-state index contributed by atoms with van der Waals surface area (Å²) in [4.78, 5) is -1.30. The first-order valence-corrected chi connectivity index (χ1v) is 24.3. The van der Waals surface area contributed by atoms with Gasteiger partial charge in [-0.05, 0) is 95.3 Å². The number of benzene rings is 5. The molecule has 0 aliphatic rings. The van der Waals surface area contributed by atoms with Gasteiger partial charge in [-0.3, -0.25) is 0 Å². The summed E-state index contributed by atoms with van der Waals surface area (Å²) in [5, 5.41) is 0. The molecule has 0 fully saturated rings. The third kappa shape index (κ3) is 17.2. The summed E-state index contributed by atoms with van der Waals surface area (Å²) in [6, 6.07) is 28.0. The molecule has 0 aliphatic heterocycles. The monoisotopic (exact) mass is 940 g/mol. The van der Waals surface area contributed by atoms with E-state index in [0.717, 1.165) is 27.8 Å². The van der Waals surface area contributed by atoms with Gasteiger partial charge in [0.2, 0.25) is 0 Å². The van der Waals surface area contributed by atoms with Gasteiger partial charge in [-0.15, -0.1) is 0 Å². The van der Waals surface area contributed by atoms with E-state index in [0.29, 0.717) is 0 Å². The largest absolute Gasteiger partial charge is 2.00 e. The van der Waals surface area contributed by atoms with E-state index in [1.165, 1.54) is 97.1 Å². The maximum atomic E-state index is 12.8. The Morgan fingerprint density at radius 3 is 0.655 bits per heavy atom. The SMILES string of the molecule is Cc1ccc(S(=O)(=O)[O-])cc1.Cc1ccc(S(=O)(=O)[O-])cc1.Cc1ccc(S(=O)(=O)[O][Al]([O]S(=O)(=O)c2ccc(C)cc2)[O]S(=O)(=O)c2ccc(C)cc2)cc1.O.[Ca+2]. The molecule has 5 aromatic rings. The molecule has 0 aliphatic carbocycles. The first kappa shape index (κ1) is 53.4. The van der Waals surface area contributed by atoms with Gasteiger partial charge in [0.25, 0.3) is 30.4 Å². The Labute approximate surface area is 374 Å². The van der Waals surface area contributed by atoms with E-state index in [-0.39, 0.29) is 67.7 Å². The predicted octanol–water partition coefficient (Wildman–Crippen LogP) is 3.71. The fourth-order valence-electron chi connectivity index (χ4n) is 4.05. The van der Waals surface area contributed by atoms with Crippen LogP contribution in [0, 0.1) is 34.6 Å². The second-order valence-corrected chi connectivity index (χ2v) is 21.7. The topological polar surface area (TPSA) is 276 Å². The molecule has 0 aromatic heterocycles. The van der Waals surface area contributed by atoms with Crippen LogP contribution in [0.1, 0.15) is 27.8 Å². The number of aryl methyl sites for hydroxylation is 5. The summed E-state index contributed by atoms with van der Waals surface area (Å²) in [6.45, 7) is 8.86. The van der Waals surface area contributed by atoms with E-state index >= 15 is 0 Å². The summed E-state index contributed by atoms with van der Waals surface area (Å²) < 4.78 is 154. The molecule has 0 heterocycles. The summed E-state index contributed by atoms with van der Waals surface area (Å²) in [6.07, 6.45) is 0. The van der Waals surface area contributed by atoms with E-state index in [4.69, 9.17) is 9.70 Å². The van der Waals surface area contributed by atoms with E-state index in [1.54, 1.807) is 45.0 Å². The van der Waals surface area contributed by atoms with Crippen molar-refractivity contribution in [2.24, 2.45) is 0 Å². The molecule has 2 N–H and O–H groups in total. The van der Waals surface area contributed by atoms with Crippen molar-refractivity contribution in [1.29, 1.82) is 0 Å². The summed E-state index contributed by atoms with van der Waals surface area (Å²) in [5.41, 5.74) is 4.16. The fraction of sp³-hybridized carbons (Fsp3) is 0.143. The average molecular weight is 941 g/mol. The van der Waals surface area contributed by atoms with Crippen molar-refractivity contribution >= 4 is 103 Å². The smallest absolute Gasteiger partial charge is 0.744 e. The molecule has 0 amide bonds. The Bertz CT molecular complexity index is 2400. The fourth-order valence-corrected chi connectivity index (χ4v) is 11.5. The van der Waals surface area contributed by atoms with E-state index in [2.05, 4.69) is 0 Å². The van der Waals surface area contributed by atoms with Crippen LogP contribution in [0.25, 0.3) is 0 Å². The normalized spacial score (nSPS) is 11.6. The Balaban J connectivity index is 0.000000571. The Hall–Kier alpha value is -2.60. The van der Waals surface area contributed by atoms with E-state index < -0.39 is 65.7 Å². The number of hydrogen-bond donors (Lipinski definition) is 0. The van der Waals surface area contributed by atoms with Crippen LogP contribution in [0.4, 0.5) is 0 Å². The van der Waals surface area contributed by atoms with Crippen molar-refractivity contribution < 1.29 is 66.4 Å². The molecule has 0 unspecified atom stereocenters. The van der Waals surface area contributed by atoms with Crippen LogP contribution in [0.2, 0.25) is 0 Å². The van der Waals surface area contributed by atoms with E-state index in [9.17, 15) is 51.2 Å². The zero-order chi connectivity index (χ0) is 42.1. The minimum absolute atomic E-state index is 0. The average Bonchev–Trinajstić information content (AvgIpc) is 3.08. The van der Waals surface area contributed by atoms with Crippen LogP contribution in [0.3, 0.4) is 0 Å². The van der Waals surface area contributed by atoms with Crippen LogP contribution < -0.4 is 0 Å². The molecule has 0 atom stereocenters. The molecule has 0 saturated carbocycles. The van der Waals surface area contributed by atoms with E-state index in [1.807, 2.05) is 13.8 Å². The number of hydrogen-bond acceptors (Lipinski definition) is 15. The van der Waals surface area contributed by atoms with Gasteiger partial charge >= 0.3 is 52.9 Å². The first-order valence-electron chi connectivity index (χ1n) is 15.8. The van der Waals surface area contributed by atoms with Gasteiger partial charge in [-0.2, -0.15) is 25.3 Å². The maximum absolute atomic E-state index is 12.8. The molecule has 0 bridgehead atoms. The third-order valence-corrected chi connectivity index (χ3v) is 16.3. The Morgan fingerprint density at radius 2 is 0.500 bits per heavy atom. The zero-order valence-electron chi connectivity index (χ0n) is 31.5. The van der Waals surface area contributed by atoms with Crippen LogP contribution in [0.15, 0.2) is 146 Å². The summed E-state index contributed by atoms with van der Waals surface area (Å²) >= 11 is -4.42. The first-order chi connectivity index (χ1) is 25.8. The molecule has 308 valence electrons. The third-order valence-electron chi connectivity index (χ3n) is 7.16. The van der Waals surface area contributed by atoms with Crippen molar-refractivity contribution in [3.05, 3.63) is 149 Å². The van der Waals surface area contributed by atoms with Gasteiger partial charge in [0.05, 0.1) is 24.5 Å². The molecule has 5 aromatic carbocycles. The van der Waals surface area contributed by atoms with Crippen LogP contribution in [-0.2, 0) is 60.3 Å². The van der Waals surface area contributed by atoms with Crippen molar-refractivity contribution in [2.75, 3.05) is 0 Å². The summed E-state index contributed by atoms with van der Waals surface area (Å²) in [5.74, 6) is 0. The Kier molecular flexibility index (Phi) is 20.5. The van der Waals surface area contributed by atoms with Gasteiger partial charge in [0, 0.05) is 0 Å². The van der Waals surface area contributed by atoms with Crippen LogP contribution in [-0.4, -0.2) is 110 Å². The molecule has 0 radical (unpaired) electrons. The zero-order valence-corrected chi connectivity index (χ0v) is 38.9. The minimum atomic E-state index is -4.62. The minimum Gasteiger partial charge on any atom is -0.744 e. The van der Waals surface area contributed by atoms with Crippen molar-refractivity contribution in [3.63, 3.8) is 0 Å². The summed E-state index contributed by atoms with van der Waals surface area (Å²) in [7, 11) is -22.4. The second kappa shape index (κ2) is 22.3.